The van der Waals surface area contributed by atoms with Crippen LogP contribution in [-0.4, -0.2) is 48.7 Å². The third kappa shape index (κ3) is 5.78. The molecule has 3 rings (SSSR count). The van der Waals surface area contributed by atoms with E-state index in [4.69, 9.17) is 0 Å². The molecule has 1 heterocycles. The van der Waals surface area contributed by atoms with Crippen LogP contribution in [0, 0.1) is 0 Å². The van der Waals surface area contributed by atoms with E-state index in [0.29, 0.717) is 0 Å². The quantitative estimate of drug-likeness (QED) is 0.657. The van der Waals surface area contributed by atoms with Gasteiger partial charge in [-0.2, -0.15) is 4.99 Å². The minimum absolute atomic E-state index is 0.0785. The summed E-state index contributed by atoms with van der Waals surface area (Å²) < 4.78 is 25.7. The Kier molecular flexibility index (Phi) is 7.82. The first-order valence-electron chi connectivity index (χ1n) is 10.3. The van der Waals surface area contributed by atoms with Gasteiger partial charge in [0.05, 0.1) is 10.6 Å². The predicted octanol–water partition coefficient (Wildman–Crippen LogP) is 2.93. The van der Waals surface area contributed by atoms with Crippen LogP contribution in [0.5, 0.6) is 0 Å². The molecule has 2 amide bonds. The summed E-state index contributed by atoms with van der Waals surface area (Å²) in [6.45, 7) is 2.10. The molecule has 0 aromatic heterocycles. The Morgan fingerprint density at radius 1 is 1.20 bits per heavy atom. The molecule has 1 aromatic rings. The SMILES string of the molecule is CCCCc1ccc(S(=O)(=O)C2C=NC(SCC(=O)NC3CCCC3)=NC2=O)cc1. The van der Waals surface area contributed by atoms with Crippen molar-refractivity contribution >= 4 is 44.8 Å². The lowest BCUT2D eigenvalue weighted by Gasteiger charge is -2.15. The summed E-state index contributed by atoms with van der Waals surface area (Å²) in [5.74, 6) is -0.815. The highest BCUT2D eigenvalue weighted by Crippen LogP contribution is 2.22. The normalized spacial score (nSPS) is 19.7. The Hall–Kier alpha value is -2.00. The van der Waals surface area contributed by atoms with E-state index < -0.39 is 21.0 Å². The van der Waals surface area contributed by atoms with Crippen LogP contribution in [0.1, 0.15) is 51.0 Å². The number of hydrogen-bond donors (Lipinski definition) is 1. The number of aryl methyl sites for hydroxylation is 1. The number of amides is 2. The topological polar surface area (TPSA) is 105 Å². The molecule has 1 N–H and O–H groups in total. The van der Waals surface area contributed by atoms with Crippen LogP contribution >= 0.6 is 11.8 Å². The maximum Gasteiger partial charge on any atom is 0.272 e. The Labute approximate surface area is 181 Å². The molecule has 0 saturated heterocycles. The fraction of sp³-hybridized carbons (Fsp3) is 0.524. The van der Waals surface area contributed by atoms with Crippen molar-refractivity contribution in [3.63, 3.8) is 0 Å². The zero-order valence-corrected chi connectivity index (χ0v) is 18.7. The van der Waals surface area contributed by atoms with Gasteiger partial charge in [0, 0.05) is 12.3 Å². The van der Waals surface area contributed by atoms with Crippen LogP contribution < -0.4 is 5.32 Å². The van der Waals surface area contributed by atoms with Gasteiger partial charge >= 0.3 is 0 Å². The van der Waals surface area contributed by atoms with E-state index in [9.17, 15) is 18.0 Å². The molecule has 7 nitrogen and oxygen atoms in total. The Balaban J connectivity index is 1.58. The molecule has 1 aliphatic carbocycles. The van der Waals surface area contributed by atoms with Crippen molar-refractivity contribution in [3.8, 4) is 0 Å². The highest BCUT2D eigenvalue weighted by atomic mass is 32.2. The zero-order valence-electron chi connectivity index (χ0n) is 17.0. The molecule has 1 fully saturated rings. The molecule has 1 unspecified atom stereocenters. The van der Waals surface area contributed by atoms with Gasteiger partial charge in [-0.05, 0) is 43.4 Å². The average Bonchev–Trinajstić information content (AvgIpc) is 3.24. The van der Waals surface area contributed by atoms with Gasteiger partial charge in [0.25, 0.3) is 5.91 Å². The second kappa shape index (κ2) is 10.3. The van der Waals surface area contributed by atoms with E-state index in [1.165, 1.54) is 12.1 Å². The lowest BCUT2D eigenvalue weighted by molar-refractivity contribution is -0.119. The standard InChI is InChI=1S/C21H27N3O4S2/c1-2-3-6-15-9-11-17(12-10-15)30(27,28)18-13-22-21(24-20(18)26)29-14-19(25)23-16-7-4-5-8-16/h9-13,16,18H,2-8,14H2,1H3,(H,23,25). The second-order valence-electron chi connectivity index (χ2n) is 7.56. The number of nitrogens with zero attached hydrogens (tertiary/aromatic N) is 2. The zero-order chi connectivity index (χ0) is 21.6. The number of sulfone groups is 1. The summed E-state index contributed by atoms with van der Waals surface area (Å²) in [4.78, 5) is 32.3. The van der Waals surface area contributed by atoms with Crippen molar-refractivity contribution in [2.24, 2.45) is 9.98 Å². The van der Waals surface area contributed by atoms with Crippen molar-refractivity contribution in [1.29, 1.82) is 0 Å². The Bertz CT molecular complexity index is 934. The van der Waals surface area contributed by atoms with Crippen LogP contribution in [0.3, 0.4) is 0 Å². The molecule has 1 saturated carbocycles. The van der Waals surface area contributed by atoms with Gasteiger partial charge in [-0.25, -0.2) is 13.4 Å². The molecule has 162 valence electrons. The molecule has 9 heteroatoms. The van der Waals surface area contributed by atoms with Crippen molar-refractivity contribution in [2.75, 3.05) is 5.75 Å². The highest BCUT2D eigenvalue weighted by molar-refractivity contribution is 8.14. The number of aliphatic imine (C=N–C) groups is 2. The molecule has 1 aliphatic heterocycles. The lowest BCUT2D eigenvalue weighted by Crippen LogP contribution is -2.35. The van der Waals surface area contributed by atoms with Crippen LogP contribution in [0.2, 0.25) is 0 Å². The number of amidine groups is 1. The molecule has 0 bridgehead atoms. The molecule has 1 aromatic carbocycles. The van der Waals surface area contributed by atoms with Gasteiger partial charge in [-0.1, -0.05) is 50.1 Å². The summed E-state index contributed by atoms with van der Waals surface area (Å²) in [7, 11) is -3.91. The van der Waals surface area contributed by atoms with Crippen LogP contribution in [0.25, 0.3) is 0 Å². The smallest absolute Gasteiger partial charge is 0.272 e. The minimum Gasteiger partial charge on any atom is -0.353 e. The third-order valence-corrected chi connectivity index (χ3v) is 8.01. The number of thioether (sulfide) groups is 1. The fourth-order valence-corrected chi connectivity index (χ4v) is 5.49. The average molecular weight is 450 g/mol. The van der Waals surface area contributed by atoms with Crippen molar-refractivity contribution in [2.45, 2.75) is 68.1 Å². The van der Waals surface area contributed by atoms with Crippen molar-refractivity contribution in [1.82, 2.24) is 5.32 Å². The number of benzene rings is 1. The fourth-order valence-electron chi connectivity index (χ4n) is 3.51. The summed E-state index contributed by atoms with van der Waals surface area (Å²) in [5.41, 5.74) is 1.06. The number of rotatable bonds is 8. The monoisotopic (exact) mass is 449 g/mol. The molecule has 1 atom stereocenters. The maximum absolute atomic E-state index is 12.8. The van der Waals surface area contributed by atoms with Crippen LogP contribution in [0.15, 0.2) is 39.1 Å². The summed E-state index contributed by atoms with van der Waals surface area (Å²) in [5, 5.41) is 1.63. The van der Waals surface area contributed by atoms with Crippen LogP contribution in [0.4, 0.5) is 0 Å². The summed E-state index contributed by atoms with van der Waals surface area (Å²) >= 11 is 1.03. The van der Waals surface area contributed by atoms with Crippen LogP contribution in [-0.2, 0) is 25.8 Å². The number of unbranched alkanes of at least 4 members (excludes halogenated alkanes) is 1. The molecule has 30 heavy (non-hydrogen) atoms. The molecular weight excluding hydrogens is 422 g/mol. The molecular formula is C21H27N3O4S2. The van der Waals surface area contributed by atoms with Gasteiger partial charge in [0.15, 0.2) is 20.3 Å². The van der Waals surface area contributed by atoms with Gasteiger partial charge in [0.2, 0.25) is 5.91 Å². The second-order valence-corrected chi connectivity index (χ2v) is 10.6. The van der Waals surface area contributed by atoms with Gasteiger partial charge in [-0.3, -0.25) is 9.59 Å². The number of nitrogens with one attached hydrogen (secondary N) is 1. The lowest BCUT2D eigenvalue weighted by atomic mass is 10.1. The highest BCUT2D eigenvalue weighted by Gasteiger charge is 2.35. The Morgan fingerprint density at radius 2 is 1.90 bits per heavy atom. The largest absolute Gasteiger partial charge is 0.353 e. The first-order valence-corrected chi connectivity index (χ1v) is 12.8. The van der Waals surface area contributed by atoms with E-state index in [1.54, 1.807) is 12.1 Å². The van der Waals surface area contributed by atoms with Crippen molar-refractivity contribution < 1.29 is 18.0 Å². The number of carbonyl (C=O) groups is 2. The maximum atomic E-state index is 12.8. The first kappa shape index (κ1) is 22.7. The van der Waals surface area contributed by atoms with Gasteiger partial charge < -0.3 is 5.32 Å². The molecule has 2 aliphatic rings. The van der Waals surface area contributed by atoms with Gasteiger partial charge in [-0.15, -0.1) is 0 Å². The first-order chi connectivity index (χ1) is 14.4. The molecule has 0 spiro atoms. The molecule has 0 radical (unpaired) electrons. The summed E-state index contributed by atoms with van der Waals surface area (Å²) in [6, 6.07) is 6.84. The van der Waals surface area contributed by atoms with E-state index >= 15 is 0 Å². The van der Waals surface area contributed by atoms with Crippen molar-refractivity contribution in [3.05, 3.63) is 29.8 Å². The van der Waals surface area contributed by atoms with E-state index in [0.717, 1.165) is 68.5 Å². The number of hydrogen-bond acceptors (Lipinski definition) is 6. The summed E-state index contributed by atoms with van der Waals surface area (Å²) in [6.07, 6.45) is 8.34. The predicted molar refractivity (Wildman–Crippen MR) is 120 cm³/mol. The number of carbonyl (C=O) groups excluding carboxylic acids is 2. The van der Waals surface area contributed by atoms with Gasteiger partial charge in [0.1, 0.15) is 0 Å². The van der Waals surface area contributed by atoms with E-state index in [1.807, 2.05) is 0 Å². The van der Waals surface area contributed by atoms with E-state index in [2.05, 4.69) is 22.2 Å². The van der Waals surface area contributed by atoms with E-state index in [-0.39, 0.29) is 27.8 Å². The minimum atomic E-state index is -3.91. The Morgan fingerprint density at radius 3 is 2.53 bits per heavy atom. The third-order valence-electron chi connectivity index (χ3n) is 5.23.